The van der Waals surface area contributed by atoms with Gasteiger partial charge in [-0.3, -0.25) is 4.79 Å². The lowest BCUT2D eigenvalue weighted by molar-refractivity contribution is 0.0949. The van der Waals surface area contributed by atoms with Crippen molar-refractivity contribution >= 4 is 28.4 Å². The van der Waals surface area contributed by atoms with Crippen molar-refractivity contribution in [2.24, 2.45) is 0 Å². The highest BCUT2D eigenvalue weighted by Crippen LogP contribution is 2.19. The van der Waals surface area contributed by atoms with Crippen molar-refractivity contribution in [3.63, 3.8) is 0 Å². The lowest BCUT2D eigenvalue weighted by atomic mass is 10.2. The van der Waals surface area contributed by atoms with E-state index in [2.05, 4.69) is 17.2 Å². The fourth-order valence-corrected chi connectivity index (χ4v) is 1.87. The number of halogens is 1. The van der Waals surface area contributed by atoms with E-state index in [1.54, 1.807) is 0 Å². The summed E-state index contributed by atoms with van der Waals surface area (Å²) in [5.74, 6) is -0.0641. The summed E-state index contributed by atoms with van der Waals surface area (Å²) >= 11 is 5.89. The van der Waals surface area contributed by atoms with Crippen molar-refractivity contribution in [2.75, 3.05) is 6.54 Å². The number of nitrogens with one attached hydrogen (secondary N) is 2. The SMILES string of the molecule is CCCCNC(=O)c1cc2ccc(Cl)cc2[nH]1. The number of aromatic nitrogens is 1. The summed E-state index contributed by atoms with van der Waals surface area (Å²) in [6.45, 7) is 2.81. The Kier molecular flexibility index (Phi) is 3.69. The normalized spacial score (nSPS) is 10.7. The number of benzene rings is 1. The Hall–Kier alpha value is -1.48. The van der Waals surface area contributed by atoms with Crippen molar-refractivity contribution in [3.8, 4) is 0 Å². The first-order chi connectivity index (χ1) is 8.20. The van der Waals surface area contributed by atoms with Crippen LogP contribution in [0.25, 0.3) is 10.9 Å². The van der Waals surface area contributed by atoms with Gasteiger partial charge in [0.1, 0.15) is 5.69 Å². The molecule has 0 aliphatic rings. The molecule has 0 radical (unpaired) electrons. The first-order valence-electron chi connectivity index (χ1n) is 5.77. The number of aromatic amines is 1. The average Bonchev–Trinajstić information content (AvgIpc) is 2.72. The van der Waals surface area contributed by atoms with Gasteiger partial charge >= 0.3 is 0 Å². The molecule has 0 saturated heterocycles. The summed E-state index contributed by atoms with van der Waals surface area (Å²) in [4.78, 5) is 14.9. The van der Waals surface area contributed by atoms with E-state index in [0.717, 1.165) is 23.7 Å². The maximum atomic E-state index is 11.8. The predicted molar refractivity (Wildman–Crippen MR) is 70.5 cm³/mol. The van der Waals surface area contributed by atoms with Gasteiger partial charge in [-0.05, 0) is 24.6 Å². The number of rotatable bonds is 4. The van der Waals surface area contributed by atoms with E-state index in [0.29, 0.717) is 17.3 Å². The van der Waals surface area contributed by atoms with Gasteiger partial charge in [0.05, 0.1) is 0 Å². The molecule has 90 valence electrons. The van der Waals surface area contributed by atoms with Crippen LogP contribution < -0.4 is 5.32 Å². The van der Waals surface area contributed by atoms with Crippen LogP contribution in [-0.4, -0.2) is 17.4 Å². The molecule has 0 atom stereocenters. The van der Waals surface area contributed by atoms with E-state index >= 15 is 0 Å². The van der Waals surface area contributed by atoms with E-state index < -0.39 is 0 Å². The fraction of sp³-hybridized carbons (Fsp3) is 0.308. The van der Waals surface area contributed by atoms with E-state index in [1.807, 2.05) is 24.3 Å². The van der Waals surface area contributed by atoms with Crippen molar-refractivity contribution < 1.29 is 4.79 Å². The summed E-state index contributed by atoms with van der Waals surface area (Å²) in [6.07, 6.45) is 2.07. The Bertz CT molecular complexity index is 533. The molecule has 1 aromatic heterocycles. The Balaban J connectivity index is 2.15. The van der Waals surface area contributed by atoms with Crippen LogP contribution in [0, 0.1) is 0 Å². The maximum Gasteiger partial charge on any atom is 0.267 e. The highest BCUT2D eigenvalue weighted by molar-refractivity contribution is 6.31. The predicted octanol–water partition coefficient (Wildman–Crippen LogP) is 3.35. The zero-order chi connectivity index (χ0) is 12.3. The molecule has 1 heterocycles. The van der Waals surface area contributed by atoms with Crippen LogP contribution in [0.1, 0.15) is 30.3 Å². The number of hydrogen-bond acceptors (Lipinski definition) is 1. The first-order valence-corrected chi connectivity index (χ1v) is 6.15. The zero-order valence-electron chi connectivity index (χ0n) is 9.72. The van der Waals surface area contributed by atoms with Crippen LogP contribution in [-0.2, 0) is 0 Å². The molecule has 2 N–H and O–H groups in total. The molecule has 2 aromatic rings. The Labute approximate surface area is 105 Å². The van der Waals surface area contributed by atoms with Gasteiger partial charge in [-0.15, -0.1) is 0 Å². The Morgan fingerprint density at radius 2 is 2.24 bits per heavy atom. The summed E-state index contributed by atoms with van der Waals surface area (Å²) in [5, 5.41) is 4.53. The van der Waals surface area contributed by atoms with Gasteiger partial charge in [-0.1, -0.05) is 31.0 Å². The third-order valence-corrected chi connectivity index (χ3v) is 2.88. The molecule has 0 saturated carbocycles. The molecule has 1 amide bonds. The van der Waals surface area contributed by atoms with Gasteiger partial charge in [0.15, 0.2) is 0 Å². The smallest absolute Gasteiger partial charge is 0.267 e. The van der Waals surface area contributed by atoms with Gasteiger partial charge in [0, 0.05) is 22.5 Å². The number of hydrogen-bond donors (Lipinski definition) is 2. The quantitative estimate of drug-likeness (QED) is 0.803. The molecule has 0 aliphatic heterocycles. The topological polar surface area (TPSA) is 44.9 Å². The second-order valence-corrected chi connectivity index (χ2v) is 4.46. The van der Waals surface area contributed by atoms with Crippen LogP contribution >= 0.6 is 11.6 Å². The summed E-state index contributed by atoms with van der Waals surface area (Å²) in [5.41, 5.74) is 1.47. The standard InChI is InChI=1S/C13H15ClN2O/c1-2-3-6-15-13(17)12-7-9-4-5-10(14)8-11(9)16-12/h4-5,7-8,16H,2-3,6H2,1H3,(H,15,17). The second kappa shape index (κ2) is 5.23. The van der Waals surface area contributed by atoms with E-state index in [9.17, 15) is 4.79 Å². The molecule has 4 heteroatoms. The second-order valence-electron chi connectivity index (χ2n) is 4.02. The monoisotopic (exact) mass is 250 g/mol. The molecular weight excluding hydrogens is 236 g/mol. The molecule has 17 heavy (non-hydrogen) atoms. The van der Waals surface area contributed by atoms with Crippen LogP contribution in [0.15, 0.2) is 24.3 Å². The summed E-state index contributed by atoms with van der Waals surface area (Å²) < 4.78 is 0. The number of amides is 1. The highest BCUT2D eigenvalue weighted by Gasteiger charge is 2.08. The molecule has 0 unspecified atom stereocenters. The third kappa shape index (κ3) is 2.80. The van der Waals surface area contributed by atoms with Gasteiger partial charge < -0.3 is 10.3 Å². The molecule has 3 nitrogen and oxygen atoms in total. The third-order valence-electron chi connectivity index (χ3n) is 2.65. The van der Waals surface area contributed by atoms with E-state index in [1.165, 1.54) is 0 Å². The number of carbonyl (C=O) groups excluding carboxylic acids is 1. The molecule has 0 aliphatic carbocycles. The van der Waals surface area contributed by atoms with E-state index in [-0.39, 0.29) is 5.91 Å². The van der Waals surface area contributed by atoms with Gasteiger partial charge in [0.25, 0.3) is 5.91 Å². The lowest BCUT2D eigenvalue weighted by Gasteiger charge is -2.01. The first kappa shape index (κ1) is 12.0. The van der Waals surface area contributed by atoms with Crippen molar-refractivity contribution in [3.05, 3.63) is 35.0 Å². The minimum atomic E-state index is -0.0641. The molecule has 1 aromatic carbocycles. The average molecular weight is 251 g/mol. The van der Waals surface area contributed by atoms with Gasteiger partial charge in [-0.25, -0.2) is 0 Å². The van der Waals surface area contributed by atoms with Gasteiger partial charge in [-0.2, -0.15) is 0 Å². The molecular formula is C13H15ClN2O. The van der Waals surface area contributed by atoms with E-state index in [4.69, 9.17) is 11.6 Å². The Morgan fingerprint density at radius 1 is 1.41 bits per heavy atom. The van der Waals surface area contributed by atoms with Crippen LogP contribution in [0.3, 0.4) is 0 Å². The zero-order valence-corrected chi connectivity index (χ0v) is 10.5. The van der Waals surface area contributed by atoms with Crippen molar-refractivity contribution in [1.29, 1.82) is 0 Å². The molecule has 0 bridgehead atoms. The largest absolute Gasteiger partial charge is 0.351 e. The highest BCUT2D eigenvalue weighted by atomic mass is 35.5. The maximum absolute atomic E-state index is 11.8. The lowest BCUT2D eigenvalue weighted by Crippen LogP contribution is -2.24. The van der Waals surface area contributed by atoms with Crippen molar-refractivity contribution in [2.45, 2.75) is 19.8 Å². The summed E-state index contributed by atoms with van der Waals surface area (Å²) in [7, 11) is 0. The van der Waals surface area contributed by atoms with Crippen LogP contribution in [0.5, 0.6) is 0 Å². The van der Waals surface area contributed by atoms with Crippen LogP contribution in [0.2, 0.25) is 5.02 Å². The molecule has 0 fully saturated rings. The van der Waals surface area contributed by atoms with Crippen molar-refractivity contribution in [1.82, 2.24) is 10.3 Å². The minimum absolute atomic E-state index is 0.0641. The summed E-state index contributed by atoms with van der Waals surface area (Å²) in [6, 6.07) is 7.38. The van der Waals surface area contributed by atoms with Gasteiger partial charge in [0.2, 0.25) is 0 Å². The Morgan fingerprint density at radius 3 is 3.00 bits per heavy atom. The number of fused-ring (bicyclic) bond motifs is 1. The van der Waals surface area contributed by atoms with Crippen LogP contribution in [0.4, 0.5) is 0 Å². The minimum Gasteiger partial charge on any atom is -0.351 e. The molecule has 0 spiro atoms. The number of unbranched alkanes of at least 4 members (excludes halogenated alkanes) is 1. The number of carbonyl (C=O) groups is 1. The fourth-order valence-electron chi connectivity index (χ4n) is 1.70. The molecule has 2 rings (SSSR count). The number of H-pyrrole nitrogens is 1.